The van der Waals surface area contributed by atoms with Crippen LogP contribution in [-0.2, 0) is 21.2 Å². The van der Waals surface area contributed by atoms with E-state index in [2.05, 4.69) is 0 Å². The summed E-state index contributed by atoms with van der Waals surface area (Å²) in [6.07, 6.45) is 2.31. The van der Waals surface area contributed by atoms with Crippen LogP contribution < -0.4 is 0 Å². The van der Waals surface area contributed by atoms with Crippen LogP contribution in [0.1, 0.15) is 31.7 Å². The van der Waals surface area contributed by atoms with E-state index in [-0.39, 0.29) is 17.5 Å². The van der Waals surface area contributed by atoms with Crippen LogP contribution in [0, 0.1) is 5.82 Å². The number of carbonyl (C=O) groups excluding carboxylic acids is 1. The average molecular weight is 356 g/mol. The van der Waals surface area contributed by atoms with Gasteiger partial charge in [0.25, 0.3) is 0 Å². The minimum absolute atomic E-state index is 0.00938. The van der Waals surface area contributed by atoms with E-state index < -0.39 is 10.0 Å². The van der Waals surface area contributed by atoms with Crippen molar-refractivity contribution in [2.75, 3.05) is 31.9 Å². The van der Waals surface area contributed by atoms with Crippen LogP contribution in [0.5, 0.6) is 0 Å². The lowest BCUT2D eigenvalue weighted by Crippen LogP contribution is -2.51. The first kappa shape index (κ1) is 18.9. The van der Waals surface area contributed by atoms with E-state index >= 15 is 0 Å². The van der Waals surface area contributed by atoms with Gasteiger partial charge in [-0.15, -0.1) is 0 Å². The highest BCUT2D eigenvalue weighted by Gasteiger charge is 2.28. The number of sulfonamides is 1. The maximum atomic E-state index is 13.1. The minimum Gasteiger partial charge on any atom is -0.340 e. The van der Waals surface area contributed by atoms with E-state index in [1.807, 2.05) is 6.92 Å². The van der Waals surface area contributed by atoms with Gasteiger partial charge in [0.1, 0.15) is 5.82 Å². The molecule has 0 bridgehead atoms. The van der Waals surface area contributed by atoms with Gasteiger partial charge in [0.15, 0.2) is 0 Å². The molecular formula is C17H25FN2O3S. The molecule has 1 fully saturated rings. The Morgan fingerprint density at radius 2 is 1.92 bits per heavy atom. The van der Waals surface area contributed by atoms with Crippen LogP contribution in [0.15, 0.2) is 24.3 Å². The number of hydrogen-bond acceptors (Lipinski definition) is 3. The number of benzene rings is 1. The zero-order chi connectivity index (χ0) is 17.6. The van der Waals surface area contributed by atoms with E-state index in [0.29, 0.717) is 45.4 Å². The molecule has 5 nitrogen and oxygen atoms in total. The highest BCUT2D eigenvalue weighted by Crippen LogP contribution is 2.12. The number of aryl methyl sites for hydroxylation is 1. The molecule has 134 valence electrons. The normalized spacial score (nSPS) is 16.3. The fraction of sp³-hybridized carbons (Fsp3) is 0.588. The smallest absolute Gasteiger partial charge is 0.222 e. The molecule has 0 saturated carbocycles. The van der Waals surface area contributed by atoms with Crippen molar-refractivity contribution in [1.82, 2.24) is 9.21 Å². The van der Waals surface area contributed by atoms with Crippen molar-refractivity contribution in [3.63, 3.8) is 0 Å². The van der Waals surface area contributed by atoms with Gasteiger partial charge >= 0.3 is 0 Å². The van der Waals surface area contributed by atoms with E-state index in [1.165, 1.54) is 16.4 Å². The lowest BCUT2D eigenvalue weighted by Gasteiger charge is -2.34. The second kappa shape index (κ2) is 8.58. The predicted octanol–water partition coefficient (Wildman–Crippen LogP) is 2.03. The Bertz CT molecular complexity index is 656. The molecule has 1 aromatic carbocycles. The Labute approximate surface area is 143 Å². The van der Waals surface area contributed by atoms with Crippen molar-refractivity contribution >= 4 is 15.9 Å². The first-order valence-electron chi connectivity index (χ1n) is 8.42. The maximum Gasteiger partial charge on any atom is 0.222 e. The number of nitrogens with zero attached hydrogens (tertiary/aromatic N) is 2. The summed E-state index contributed by atoms with van der Waals surface area (Å²) in [5.74, 6) is -0.132. The van der Waals surface area contributed by atoms with E-state index in [4.69, 9.17) is 0 Å². The monoisotopic (exact) mass is 356 g/mol. The van der Waals surface area contributed by atoms with Crippen molar-refractivity contribution in [2.45, 2.75) is 32.6 Å². The quantitative estimate of drug-likeness (QED) is 0.751. The van der Waals surface area contributed by atoms with Crippen LogP contribution in [-0.4, -0.2) is 55.5 Å². The number of unbranched alkanes of at least 4 members (excludes halogenated alkanes) is 1. The molecule has 0 atom stereocenters. The van der Waals surface area contributed by atoms with E-state index in [1.54, 1.807) is 17.0 Å². The lowest BCUT2D eigenvalue weighted by molar-refractivity contribution is -0.132. The number of piperazine rings is 1. The molecule has 24 heavy (non-hydrogen) atoms. The highest BCUT2D eigenvalue weighted by molar-refractivity contribution is 7.89. The summed E-state index contributed by atoms with van der Waals surface area (Å²) in [5, 5.41) is 0. The van der Waals surface area contributed by atoms with Gasteiger partial charge in [-0.25, -0.2) is 12.8 Å². The fourth-order valence-corrected chi connectivity index (χ4v) is 4.40. The Morgan fingerprint density at radius 1 is 1.21 bits per heavy atom. The molecule has 0 spiro atoms. The van der Waals surface area contributed by atoms with Crippen molar-refractivity contribution in [1.29, 1.82) is 0 Å². The predicted molar refractivity (Wildman–Crippen MR) is 91.6 cm³/mol. The summed E-state index contributed by atoms with van der Waals surface area (Å²) in [5.41, 5.74) is 0.795. The molecule has 0 aromatic heterocycles. The number of amides is 1. The Hall–Kier alpha value is -1.47. The number of hydrogen-bond donors (Lipinski definition) is 0. The zero-order valence-corrected chi connectivity index (χ0v) is 14.9. The molecule has 0 radical (unpaired) electrons. The number of carbonyl (C=O) groups is 1. The van der Waals surface area contributed by atoms with Gasteiger partial charge in [0.2, 0.25) is 15.9 Å². The molecule has 1 aromatic rings. The first-order valence-corrected chi connectivity index (χ1v) is 10.0. The van der Waals surface area contributed by atoms with Crippen molar-refractivity contribution in [3.8, 4) is 0 Å². The van der Waals surface area contributed by atoms with Crippen LogP contribution in [0.2, 0.25) is 0 Å². The summed E-state index contributed by atoms with van der Waals surface area (Å²) in [4.78, 5) is 13.9. The summed E-state index contributed by atoms with van der Waals surface area (Å²) < 4.78 is 38.9. The van der Waals surface area contributed by atoms with Crippen LogP contribution in [0.4, 0.5) is 4.39 Å². The second-order valence-electron chi connectivity index (χ2n) is 6.08. The van der Waals surface area contributed by atoms with Gasteiger partial charge in [-0.05, 0) is 30.5 Å². The largest absolute Gasteiger partial charge is 0.340 e. The van der Waals surface area contributed by atoms with Crippen LogP contribution >= 0.6 is 0 Å². The standard InChI is InChI=1S/C17H25FN2O3S/c1-2-3-13-24(22,23)20-11-9-19(10-12-20)17(21)8-7-15-5-4-6-16(18)14-15/h4-6,14H,2-3,7-13H2,1H3. The fourth-order valence-electron chi connectivity index (χ4n) is 2.77. The zero-order valence-electron chi connectivity index (χ0n) is 14.1. The minimum atomic E-state index is -3.20. The third kappa shape index (κ3) is 5.27. The average Bonchev–Trinajstić information content (AvgIpc) is 2.58. The molecule has 1 amide bonds. The highest BCUT2D eigenvalue weighted by atomic mass is 32.2. The molecule has 0 aliphatic carbocycles. The lowest BCUT2D eigenvalue weighted by atomic mass is 10.1. The first-order chi connectivity index (χ1) is 11.4. The van der Waals surface area contributed by atoms with Crippen molar-refractivity contribution in [3.05, 3.63) is 35.6 Å². The Balaban J connectivity index is 1.80. The molecule has 1 aliphatic rings. The molecule has 1 aliphatic heterocycles. The molecule has 7 heteroatoms. The van der Waals surface area contributed by atoms with Gasteiger partial charge in [-0.3, -0.25) is 4.79 Å². The summed E-state index contributed by atoms with van der Waals surface area (Å²) in [7, 11) is -3.20. The van der Waals surface area contributed by atoms with Gasteiger partial charge < -0.3 is 4.90 Å². The van der Waals surface area contributed by atoms with Crippen LogP contribution in [0.3, 0.4) is 0 Å². The van der Waals surface area contributed by atoms with Gasteiger partial charge in [-0.2, -0.15) is 4.31 Å². The molecule has 0 unspecified atom stereocenters. The summed E-state index contributed by atoms with van der Waals surface area (Å²) in [6.45, 7) is 3.53. The van der Waals surface area contributed by atoms with Crippen molar-refractivity contribution < 1.29 is 17.6 Å². The maximum absolute atomic E-state index is 13.1. The summed E-state index contributed by atoms with van der Waals surface area (Å²) in [6, 6.07) is 6.25. The van der Waals surface area contributed by atoms with Gasteiger partial charge in [-0.1, -0.05) is 25.5 Å². The van der Waals surface area contributed by atoms with E-state index in [9.17, 15) is 17.6 Å². The summed E-state index contributed by atoms with van der Waals surface area (Å²) >= 11 is 0. The van der Waals surface area contributed by atoms with E-state index in [0.717, 1.165) is 12.0 Å². The third-order valence-electron chi connectivity index (χ3n) is 4.26. The van der Waals surface area contributed by atoms with Gasteiger partial charge in [0.05, 0.1) is 5.75 Å². The topological polar surface area (TPSA) is 57.7 Å². The molecule has 1 saturated heterocycles. The molecule has 0 N–H and O–H groups in total. The molecule has 1 heterocycles. The van der Waals surface area contributed by atoms with Crippen LogP contribution in [0.25, 0.3) is 0 Å². The molecule has 2 rings (SSSR count). The van der Waals surface area contributed by atoms with Gasteiger partial charge in [0, 0.05) is 32.6 Å². The van der Waals surface area contributed by atoms with Crippen molar-refractivity contribution in [2.24, 2.45) is 0 Å². The number of rotatable bonds is 7. The number of halogens is 1. The second-order valence-corrected chi connectivity index (χ2v) is 8.17. The molecular weight excluding hydrogens is 331 g/mol. The third-order valence-corrected chi connectivity index (χ3v) is 6.21. The Kier molecular flexibility index (Phi) is 6.74. The SMILES string of the molecule is CCCCS(=O)(=O)N1CCN(C(=O)CCc2cccc(F)c2)CC1. The Morgan fingerprint density at radius 3 is 2.54 bits per heavy atom.